The molecule has 0 saturated carbocycles. The number of carbonyl (C=O) groups excluding carboxylic acids is 1. The molecule has 0 unspecified atom stereocenters. The molecule has 0 spiro atoms. The number of carbonyl (C=O) groups is 1. The third-order valence-corrected chi connectivity index (χ3v) is 3.79. The van der Waals surface area contributed by atoms with E-state index in [-0.39, 0.29) is 5.91 Å². The van der Waals surface area contributed by atoms with E-state index < -0.39 is 0 Å². The first-order chi connectivity index (χ1) is 8.52. The van der Waals surface area contributed by atoms with Gasteiger partial charge in [-0.2, -0.15) is 5.10 Å². The van der Waals surface area contributed by atoms with Crippen molar-refractivity contribution in [2.45, 2.75) is 20.4 Å². The molecule has 0 aromatic carbocycles. The van der Waals surface area contributed by atoms with Crippen LogP contribution in [0.25, 0.3) is 0 Å². The molecule has 2 rings (SSSR count). The normalized spacial score (nSPS) is 10.7. The number of rotatable bonds is 3. The molecule has 0 bridgehead atoms. The van der Waals surface area contributed by atoms with Crippen molar-refractivity contribution in [1.29, 1.82) is 0 Å². The zero-order valence-corrected chi connectivity index (χ0v) is 11.6. The van der Waals surface area contributed by atoms with Crippen LogP contribution in [-0.2, 0) is 6.54 Å². The van der Waals surface area contributed by atoms with E-state index in [9.17, 15) is 4.79 Å². The minimum Gasteiger partial charge on any atom is -0.467 e. The maximum atomic E-state index is 11.3. The molecule has 2 aromatic rings. The number of hydrogen-bond acceptors (Lipinski definition) is 4. The van der Waals surface area contributed by atoms with E-state index in [0.29, 0.717) is 17.9 Å². The second-order valence-electron chi connectivity index (χ2n) is 3.92. The van der Waals surface area contributed by atoms with Crippen LogP contribution in [0.4, 0.5) is 0 Å². The molecule has 0 aliphatic heterocycles. The van der Waals surface area contributed by atoms with Crippen LogP contribution in [0.5, 0.6) is 0 Å². The zero-order chi connectivity index (χ0) is 13.3. The highest BCUT2D eigenvalue weighted by atomic mass is 79.9. The first-order valence-electron chi connectivity index (χ1n) is 5.30. The topological polar surface area (TPSA) is 86.1 Å². The maximum absolute atomic E-state index is 11.3. The number of nitrogens with two attached hydrogens (primary N) is 1. The minimum absolute atomic E-state index is 0.375. The van der Waals surface area contributed by atoms with Gasteiger partial charge in [0.1, 0.15) is 12.0 Å². The molecule has 1 amide bonds. The molecule has 6 nitrogen and oxygen atoms in total. The van der Waals surface area contributed by atoms with Crippen LogP contribution in [0.15, 0.2) is 21.2 Å². The SMILES string of the molecule is Cc1nn(Cc2cc(C(=O)NN)co2)c(C)c1Br. The van der Waals surface area contributed by atoms with Gasteiger partial charge in [0.15, 0.2) is 0 Å². The number of nitrogen functional groups attached to an aromatic ring is 1. The van der Waals surface area contributed by atoms with Crippen LogP contribution < -0.4 is 11.3 Å². The van der Waals surface area contributed by atoms with Gasteiger partial charge in [0.05, 0.1) is 28.0 Å². The van der Waals surface area contributed by atoms with Crippen molar-refractivity contribution in [3.63, 3.8) is 0 Å². The first-order valence-corrected chi connectivity index (χ1v) is 6.10. The summed E-state index contributed by atoms with van der Waals surface area (Å²) in [6.45, 7) is 4.35. The summed E-state index contributed by atoms with van der Waals surface area (Å²) >= 11 is 3.46. The van der Waals surface area contributed by atoms with E-state index in [1.807, 2.05) is 18.5 Å². The van der Waals surface area contributed by atoms with Crippen molar-refractivity contribution in [3.8, 4) is 0 Å². The van der Waals surface area contributed by atoms with Gasteiger partial charge >= 0.3 is 0 Å². The monoisotopic (exact) mass is 312 g/mol. The van der Waals surface area contributed by atoms with E-state index in [4.69, 9.17) is 10.3 Å². The van der Waals surface area contributed by atoms with Gasteiger partial charge in [-0.1, -0.05) is 0 Å². The van der Waals surface area contributed by atoms with Crippen LogP contribution in [0, 0.1) is 13.8 Å². The molecule has 2 aromatic heterocycles. The predicted octanol–water partition coefficient (Wildman–Crippen LogP) is 1.51. The van der Waals surface area contributed by atoms with Crippen molar-refractivity contribution in [3.05, 3.63) is 39.5 Å². The third kappa shape index (κ3) is 2.32. The van der Waals surface area contributed by atoms with Gasteiger partial charge < -0.3 is 4.42 Å². The molecule has 96 valence electrons. The van der Waals surface area contributed by atoms with Gasteiger partial charge in [0.2, 0.25) is 0 Å². The van der Waals surface area contributed by atoms with Crippen LogP contribution in [0.1, 0.15) is 27.5 Å². The van der Waals surface area contributed by atoms with Crippen molar-refractivity contribution in [2.24, 2.45) is 5.84 Å². The van der Waals surface area contributed by atoms with Crippen LogP contribution >= 0.6 is 15.9 Å². The third-order valence-electron chi connectivity index (χ3n) is 2.65. The molecule has 18 heavy (non-hydrogen) atoms. The smallest absolute Gasteiger partial charge is 0.268 e. The Balaban J connectivity index is 2.21. The Bertz CT molecular complexity index is 588. The standard InChI is InChI=1S/C11H13BrN4O2/c1-6-10(12)7(2)16(15-6)4-9-3-8(5-18-9)11(17)14-13/h3,5H,4,13H2,1-2H3,(H,14,17). The number of furan rings is 1. The Labute approximate surface area is 112 Å². The zero-order valence-electron chi connectivity index (χ0n) is 10.0. The lowest BCUT2D eigenvalue weighted by Gasteiger charge is -2.00. The van der Waals surface area contributed by atoms with Crippen LogP contribution in [0.3, 0.4) is 0 Å². The van der Waals surface area contributed by atoms with Gasteiger partial charge in [-0.15, -0.1) is 0 Å². The summed E-state index contributed by atoms with van der Waals surface area (Å²) < 4.78 is 8.09. The number of hydrogen-bond donors (Lipinski definition) is 2. The summed E-state index contributed by atoms with van der Waals surface area (Å²) in [6, 6.07) is 1.65. The number of aromatic nitrogens is 2. The van der Waals surface area contributed by atoms with E-state index in [1.54, 1.807) is 6.07 Å². The highest BCUT2D eigenvalue weighted by molar-refractivity contribution is 9.10. The highest BCUT2D eigenvalue weighted by Gasteiger charge is 2.12. The maximum Gasteiger partial charge on any atom is 0.268 e. The van der Waals surface area contributed by atoms with E-state index in [0.717, 1.165) is 15.9 Å². The summed E-state index contributed by atoms with van der Waals surface area (Å²) in [7, 11) is 0. The molecule has 0 saturated heterocycles. The van der Waals surface area contributed by atoms with Crippen LogP contribution in [-0.4, -0.2) is 15.7 Å². The fourth-order valence-electron chi connectivity index (χ4n) is 1.64. The van der Waals surface area contributed by atoms with E-state index >= 15 is 0 Å². The van der Waals surface area contributed by atoms with Gasteiger partial charge in [0.25, 0.3) is 5.91 Å². The number of amides is 1. The number of nitrogens with one attached hydrogen (secondary N) is 1. The van der Waals surface area contributed by atoms with Crippen molar-refractivity contribution in [2.75, 3.05) is 0 Å². The highest BCUT2D eigenvalue weighted by Crippen LogP contribution is 2.21. The fourth-order valence-corrected chi connectivity index (χ4v) is 1.93. The molecule has 0 radical (unpaired) electrons. The average Bonchev–Trinajstić information content (AvgIpc) is 2.91. The van der Waals surface area contributed by atoms with Gasteiger partial charge in [-0.05, 0) is 35.8 Å². The fraction of sp³-hybridized carbons (Fsp3) is 0.273. The summed E-state index contributed by atoms with van der Waals surface area (Å²) in [4.78, 5) is 11.3. The van der Waals surface area contributed by atoms with Gasteiger partial charge in [0, 0.05) is 0 Å². The second kappa shape index (κ2) is 4.95. The molecular weight excluding hydrogens is 300 g/mol. The number of nitrogens with zero attached hydrogens (tertiary/aromatic N) is 2. The molecule has 0 aliphatic carbocycles. The molecule has 0 fully saturated rings. The lowest BCUT2D eigenvalue weighted by molar-refractivity contribution is 0.0953. The second-order valence-corrected chi connectivity index (χ2v) is 4.71. The summed E-state index contributed by atoms with van der Waals surface area (Å²) in [5.41, 5.74) is 4.37. The number of halogens is 1. The average molecular weight is 313 g/mol. The van der Waals surface area contributed by atoms with E-state index in [1.165, 1.54) is 6.26 Å². The summed E-state index contributed by atoms with van der Waals surface area (Å²) in [5.74, 6) is 5.32. The molecule has 7 heteroatoms. The van der Waals surface area contributed by atoms with Gasteiger partial charge in [-0.25, -0.2) is 5.84 Å². The van der Waals surface area contributed by atoms with Crippen LogP contribution in [0.2, 0.25) is 0 Å². The molecule has 0 aliphatic rings. The Hall–Kier alpha value is -1.60. The summed E-state index contributed by atoms with van der Waals surface area (Å²) in [5, 5.41) is 4.36. The predicted molar refractivity (Wildman–Crippen MR) is 68.9 cm³/mol. The minimum atomic E-state index is -0.375. The van der Waals surface area contributed by atoms with Crippen molar-refractivity contribution in [1.82, 2.24) is 15.2 Å². The van der Waals surface area contributed by atoms with Crippen molar-refractivity contribution < 1.29 is 9.21 Å². The number of hydrazine groups is 1. The largest absolute Gasteiger partial charge is 0.467 e. The lowest BCUT2D eigenvalue weighted by atomic mass is 10.3. The molecule has 2 heterocycles. The van der Waals surface area contributed by atoms with Crippen molar-refractivity contribution >= 4 is 21.8 Å². The quantitative estimate of drug-likeness (QED) is 0.511. The Morgan fingerprint density at radius 1 is 1.61 bits per heavy atom. The lowest BCUT2D eigenvalue weighted by Crippen LogP contribution is -2.29. The Kier molecular flexibility index (Phi) is 3.53. The van der Waals surface area contributed by atoms with Gasteiger partial charge in [-0.3, -0.25) is 14.9 Å². The molecule has 3 N–H and O–H groups in total. The molecule has 0 atom stereocenters. The summed E-state index contributed by atoms with van der Waals surface area (Å²) in [6.07, 6.45) is 1.37. The Morgan fingerprint density at radius 2 is 2.33 bits per heavy atom. The Morgan fingerprint density at radius 3 is 2.89 bits per heavy atom. The van der Waals surface area contributed by atoms with E-state index in [2.05, 4.69) is 26.5 Å². The first kappa shape index (κ1) is 12.8. The number of aryl methyl sites for hydroxylation is 1. The molecular formula is C11H13BrN4O2.